The van der Waals surface area contributed by atoms with E-state index in [1.54, 1.807) is 6.07 Å². The quantitative estimate of drug-likeness (QED) is 0.619. The van der Waals surface area contributed by atoms with Crippen LogP contribution in [0.15, 0.2) is 22.7 Å². The predicted octanol–water partition coefficient (Wildman–Crippen LogP) is 2.57. The Morgan fingerprint density at radius 3 is 2.67 bits per heavy atom. The Labute approximate surface area is 98.4 Å². The van der Waals surface area contributed by atoms with Crippen LogP contribution in [-0.2, 0) is 0 Å². The fourth-order valence-electron chi connectivity index (χ4n) is 1.25. The number of hydrogen-bond acceptors (Lipinski definition) is 3. The van der Waals surface area contributed by atoms with Crippen LogP contribution in [0.4, 0.5) is 5.69 Å². The first-order chi connectivity index (χ1) is 7.22. The van der Waals surface area contributed by atoms with Gasteiger partial charge in [0.15, 0.2) is 0 Å². The SMILES string of the molecule is Nc1cc(Br)cc(OCCCCCO)c1. The highest BCUT2D eigenvalue weighted by Crippen LogP contribution is 2.22. The van der Waals surface area contributed by atoms with Gasteiger partial charge in [0.1, 0.15) is 5.75 Å². The van der Waals surface area contributed by atoms with Crippen LogP contribution in [0.3, 0.4) is 0 Å². The fourth-order valence-corrected chi connectivity index (χ4v) is 1.74. The highest BCUT2D eigenvalue weighted by Gasteiger charge is 1.97. The first-order valence-corrected chi connectivity index (χ1v) is 5.81. The van der Waals surface area contributed by atoms with Gasteiger partial charge in [-0.15, -0.1) is 0 Å². The summed E-state index contributed by atoms with van der Waals surface area (Å²) in [7, 11) is 0. The van der Waals surface area contributed by atoms with Crippen molar-refractivity contribution in [3.63, 3.8) is 0 Å². The van der Waals surface area contributed by atoms with Crippen LogP contribution in [0, 0.1) is 0 Å². The molecule has 3 N–H and O–H groups in total. The third kappa shape index (κ3) is 5.04. The van der Waals surface area contributed by atoms with Gasteiger partial charge >= 0.3 is 0 Å². The van der Waals surface area contributed by atoms with Crippen molar-refractivity contribution in [2.24, 2.45) is 0 Å². The van der Waals surface area contributed by atoms with Crippen LogP contribution in [0.5, 0.6) is 5.75 Å². The van der Waals surface area contributed by atoms with Gasteiger partial charge in [-0.05, 0) is 31.4 Å². The lowest BCUT2D eigenvalue weighted by atomic mass is 10.2. The average Bonchev–Trinajstić information content (AvgIpc) is 2.16. The van der Waals surface area contributed by atoms with Gasteiger partial charge in [-0.1, -0.05) is 15.9 Å². The summed E-state index contributed by atoms with van der Waals surface area (Å²) in [4.78, 5) is 0. The van der Waals surface area contributed by atoms with Crippen molar-refractivity contribution in [2.75, 3.05) is 18.9 Å². The number of unbranched alkanes of at least 4 members (excludes halogenated alkanes) is 2. The molecule has 0 aromatic heterocycles. The zero-order chi connectivity index (χ0) is 11.1. The summed E-state index contributed by atoms with van der Waals surface area (Å²) in [5.74, 6) is 0.783. The Hall–Kier alpha value is -0.740. The summed E-state index contributed by atoms with van der Waals surface area (Å²) >= 11 is 3.35. The molecule has 15 heavy (non-hydrogen) atoms. The first-order valence-electron chi connectivity index (χ1n) is 5.02. The summed E-state index contributed by atoms with van der Waals surface area (Å²) in [6.45, 7) is 0.916. The van der Waals surface area contributed by atoms with Crippen LogP contribution in [0.1, 0.15) is 19.3 Å². The lowest BCUT2D eigenvalue weighted by Gasteiger charge is -2.07. The molecule has 1 aromatic rings. The van der Waals surface area contributed by atoms with E-state index in [2.05, 4.69) is 15.9 Å². The normalized spacial score (nSPS) is 10.3. The van der Waals surface area contributed by atoms with E-state index < -0.39 is 0 Å². The van der Waals surface area contributed by atoms with Crippen molar-refractivity contribution in [3.8, 4) is 5.75 Å². The second kappa shape index (κ2) is 6.69. The number of anilines is 1. The van der Waals surface area contributed by atoms with Crippen molar-refractivity contribution in [2.45, 2.75) is 19.3 Å². The third-order valence-electron chi connectivity index (χ3n) is 1.96. The summed E-state index contributed by atoms with van der Waals surface area (Å²) < 4.78 is 6.45. The minimum Gasteiger partial charge on any atom is -0.493 e. The van der Waals surface area contributed by atoms with Gasteiger partial charge in [0.05, 0.1) is 6.61 Å². The van der Waals surface area contributed by atoms with Crippen LogP contribution in [0.2, 0.25) is 0 Å². The Bertz CT molecular complexity index is 284. The Morgan fingerprint density at radius 1 is 1.20 bits per heavy atom. The van der Waals surface area contributed by atoms with E-state index in [0.717, 1.165) is 29.5 Å². The average molecular weight is 274 g/mol. The zero-order valence-electron chi connectivity index (χ0n) is 8.58. The van der Waals surface area contributed by atoms with Gasteiger partial charge in [-0.25, -0.2) is 0 Å². The molecule has 4 heteroatoms. The molecule has 3 nitrogen and oxygen atoms in total. The molecule has 0 spiro atoms. The molecule has 84 valence electrons. The molecule has 0 saturated heterocycles. The maximum atomic E-state index is 8.59. The Morgan fingerprint density at radius 2 is 2.00 bits per heavy atom. The molecule has 0 fully saturated rings. The number of aliphatic hydroxyl groups is 1. The molecule has 0 aliphatic carbocycles. The van der Waals surface area contributed by atoms with E-state index in [0.29, 0.717) is 12.3 Å². The number of benzene rings is 1. The van der Waals surface area contributed by atoms with Gasteiger partial charge in [0.25, 0.3) is 0 Å². The Balaban J connectivity index is 2.31. The standard InChI is InChI=1S/C11H16BrNO2/c12-9-6-10(13)8-11(7-9)15-5-3-1-2-4-14/h6-8,14H,1-5,13H2. The largest absolute Gasteiger partial charge is 0.493 e. The zero-order valence-corrected chi connectivity index (χ0v) is 10.2. The molecule has 0 radical (unpaired) electrons. The second-order valence-corrected chi connectivity index (χ2v) is 4.27. The maximum absolute atomic E-state index is 8.59. The van der Waals surface area contributed by atoms with E-state index in [9.17, 15) is 0 Å². The molecule has 0 heterocycles. The highest BCUT2D eigenvalue weighted by molar-refractivity contribution is 9.10. The third-order valence-corrected chi connectivity index (χ3v) is 2.42. The van der Waals surface area contributed by atoms with Crippen LogP contribution in [0.25, 0.3) is 0 Å². The van der Waals surface area contributed by atoms with E-state index in [1.165, 1.54) is 0 Å². The summed E-state index contributed by atoms with van der Waals surface area (Å²) in [5, 5.41) is 8.59. The number of nitrogens with two attached hydrogens (primary N) is 1. The van der Waals surface area contributed by atoms with Crippen LogP contribution in [-0.4, -0.2) is 18.3 Å². The number of ether oxygens (including phenoxy) is 1. The molecular weight excluding hydrogens is 258 g/mol. The monoisotopic (exact) mass is 273 g/mol. The van der Waals surface area contributed by atoms with Crippen molar-refractivity contribution in [1.82, 2.24) is 0 Å². The van der Waals surface area contributed by atoms with Crippen molar-refractivity contribution < 1.29 is 9.84 Å². The Kier molecular flexibility index (Phi) is 5.50. The maximum Gasteiger partial charge on any atom is 0.122 e. The summed E-state index contributed by atoms with van der Waals surface area (Å²) in [6.07, 6.45) is 2.77. The van der Waals surface area contributed by atoms with E-state index >= 15 is 0 Å². The van der Waals surface area contributed by atoms with Gasteiger partial charge < -0.3 is 15.6 Å². The fraction of sp³-hybridized carbons (Fsp3) is 0.455. The number of nitrogen functional groups attached to an aromatic ring is 1. The number of halogens is 1. The lowest BCUT2D eigenvalue weighted by molar-refractivity contribution is 0.266. The number of rotatable bonds is 6. The first kappa shape index (κ1) is 12.3. The van der Waals surface area contributed by atoms with Crippen molar-refractivity contribution in [3.05, 3.63) is 22.7 Å². The molecule has 0 atom stereocenters. The van der Waals surface area contributed by atoms with Crippen molar-refractivity contribution in [1.29, 1.82) is 0 Å². The predicted molar refractivity (Wildman–Crippen MR) is 65.0 cm³/mol. The molecule has 0 aliphatic rings. The summed E-state index contributed by atoms with van der Waals surface area (Å²) in [5.41, 5.74) is 6.36. The molecule has 1 rings (SSSR count). The van der Waals surface area contributed by atoms with Gasteiger partial charge in [-0.2, -0.15) is 0 Å². The topological polar surface area (TPSA) is 55.5 Å². The molecular formula is C11H16BrNO2. The van der Waals surface area contributed by atoms with E-state index in [1.807, 2.05) is 12.1 Å². The molecule has 0 aliphatic heterocycles. The van der Waals surface area contributed by atoms with Gasteiger partial charge in [-0.3, -0.25) is 0 Å². The molecule has 0 amide bonds. The van der Waals surface area contributed by atoms with Gasteiger partial charge in [0.2, 0.25) is 0 Å². The molecule has 0 unspecified atom stereocenters. The summed E-state index contributed by atoms with van der Waals surface area (Å²) in [6, 6.07) is 5.53. The number of hydrogen-bond donors (Lipinski definition) is 2. The smallest absolute Gasteiger partial charge is 0.122 e. The van der Waals surface area contributed by atoms with Crippen LogP contribution < -0.4 is 10.5 Å². The van der Waals surface area contributed by atoms with E-state index in [4.69, 9.17) is 15.6 Å². The molecule has 0 saturated carbocycles. The minimum absolute atomic E-state index is 0.254. The van der Waals surface area contributed by atoms with Crippen molar-refractivity contribution >= 4 is 21.6 Å². The second-order valence-electron chi connectivity index (χ2n) is 3.35. The van der Waals surface area contributed by atoms with Crippen LogP contribution >= 0.6 is 15.9 Å². The van der Waals surface area contributed by atoms with Gasteiger partial charge in [0, 0.05) is 22.8 Å². The van der Waals surface area contributed by atoms with E-state index in [-0.39, 0.29) is 6.61 Å². The highest BCUT2D eigenvalue weighted by atomic mass is 79.9. The molecule has 1 aromatic carbocycles. The lowest BCUT2D eigenvalue weighted by Crippen LogP contribution is -1.98. The minimum atomic E-state index is 0.254. The number of aliphatic hydroxyl groups excluding tert-OH is 1. The molecule has 0 bridgehead atoms.